The lowest BCUT2D eigenvalue weighted by Gasteiger charge is -2.06. The molecule has 1 N–H and O–H groups in total. The normalized spacial score (nSPS) is 11.4. The molecule has 0 fully saturated rings. The summed E-state index contributed by atoms with van der Waals surface area (Å²) in [7, 11) is -3.57. The number of benzene rings is 2. The first-order valence-electron chi connectivity index (χ1n) is 8.36. The Hall–Kier alpha value is -2.68. The molecule has 146 valence electrons. The average Bonchev–Trinajstić information content (AvgIpc) is 3.16. The predicted molar refractivity (Wildman–Crippen MR) is 103 cm³/mol. The van der Waals surface area contributed by atoms with Gasteiger partial charge in [-0.25, -0.2) is 22.9 Å². The first-order valence-corrected chi connectivity index (χ1v) is 10.2. The second kappa shape index (κ2) is 8.55. The molecule has 0 aliphatic heterocycles. The van der Waals surface area contributed by atoms with Gasteiger partial charge in [0, 0.05) is 17.1 Å². The molecule has 0 amide bonds. The number of aromatic nitrogens is 1. The lowest BCUT2D eigenvalue weighted by Crippen LogP contribution is -2.23. The van der Waals surface area contributed by atoms with Gasteiger partial charge >= 0.3 is 5.97 Å². The van der Waals surface area contributed by atoms with E-state index in [1.54, 1.807) is 31.2 Å². The summed E-state index contributed by atoms with van der Waals surface area (Å²) in [6.07, 6.45) is 1.53. The third-order valence-electron chi connectivity index (χ3n) is 3.74. The first kappa shape index (κ1) is 20.1. The van der Waals surface area contributed by atoms with E-state index >= 15 is 0 Å². The van der Waals surface area contributed by atoms with E-state index in [-0.39, 0.29) is 29.5 Å². The molecular formula is C19H17ClN2O5S. The molecule has 0 aliphatic rings. The minimum Gasteiger partial charge on any atom is -0.452 e. The van der Waals surface area contributed by atoms with Crippen LogP contribution in [0.4, 0.5) is 0 Å². The van der Waals surface area contributed by atoms with Crippen LogP contribution in [0.25, 0.3) is 11.3 Å². The standard InChI is InChI=1S/C19H17ClN2O5S/c1-2-22-28(24,25)16-9-5-14(6-10-16)19(23)26-12-18-21-11-17(27-18)13-3-7-15(20)8-4-13/h3-11,22H,2,12H2,1H3. The first-order chi connectivity index (χ1) is 13.4. The fourth-order valence-electron chi connectivity index (χ4n) is 2.38. The van der Waals surface area contributed by atoms with E-state index in [1.807, 2.05) is 0 Å². The van der Waals surface area contributed by atoms with Gasteiger partial charge in [0.15, 0.2) is 12.4 Å². The third-order valence-corrected chi connectivity index (χ3v) is 5.56. The molecule has 7 nitrogen and oxygen atoms in total. The fourth-order valence-corrected chi connectivity index (χ4v) is 3.55. The van der Waals surface area contributed by atoms with Gasteiger partial charge in [-0.05, 0) is 48.5 Å². The number of sulfonamides is 1. The third kappa shape index (κ3) is 4.78. The number of ether oxygens (including phenoxy) is 1. The monoisotopic (exact) mass is 420 g/mol. The number of halogens is 1. The van der Waals surface area contributed by atoms with Gasteiger partial charge < -0.3 is 9.15 Å². The Balaban J connectivity index is 1.62. The molecule has 2 aromatic carbocycles. The van der Waals surface area contributed by atoms with Crippen molar-refractivity contribution < 1.29 is 22.4 Å². The van der Waals surface area contributed by atoms with E-state index in [4.69, 9.17) is 20.8 Å². The number of esters is 1. The lowest BCUT2D eigenvalue weighted by atomic mass is 10.2. The van der Waals surface area contributed by atoms with Crippen LogP contribution < -0.4 is 4.72 Å². The SMILES string of the molecule is CCNS(=O)(=O)c1ccc(C(=O)OCc2ncc(-c3ccc(Cl)cc3)o2)cc1. The van der Waals surface area contributed by atoms with E-state index < -0.39 is 16.0 Å². The van der Waals surface area contributed by atoms with E-state index in [0.717, 1.165) is 5.56 Å². The second-order valence-electron chi connectivity index (χ2n) is 5.73. The highest BCUT2D eigenvalue weighted by Gasteiger charge is 2.15. The van der Waals surface area contributed by atoms with Gasteiger partial charge in [0.05, 0.1) is 16.7 Å². The van der Waals surface area contributed by atoms with Crippen molar-refractivity contribution in [2.24, 2.45) is 0 Å². The molecule has 0 bridgehead atoms. The van der Waals surface area contributed by atoms with E-state index in [1.165, 1.54) is 30.5 Å². The maximum Gasteiger partial charge on any atom is 0.338 e. The van der Waals surface area contributed by atoms with Crippen molar-refractivity contribution >= 4 is 27.6 Å². The number of oxazole rings is 1. The Morgan fingerprint density at radius 1 is 1.14 bits per heavy atom. The van der Waals surface area contributed by atoms with Gasteiger partial charge in [-0.2, -0.15) is 0 Å². The Labute approximate surface area is 167 Å². The summed E-state index contributed by atoms with van der Waals surface area (Å²) >= 11 is 5.86. The minimum atomic E-state index is -3.57. The maximum absolute atomic E-state index is 12.1. The zero-order valence-electron chi connectivity index (χ0n) is 14.9. The van der Waals surface area contributed by atoms with Crippen LogP contribution in [0, 0.1) is 0 Å². The molecule has 9 heteroatoms. The van der Waals surface area contributed by atoms with E-state index in [2.05, 4.69) is 9.71 Å². The van der Waals surface area contributed by atoms with Gasteiger partial charge in [-0.3, -0.25) is 0 Å². The van der Waals surface area contributed by atoms with Crippen molar-refractivity contribution in [2.75, 3.05) is 6.54 Å². The van der Waals surface area contributed by atoms with Crippen LogP contribution in [0.1, 0.15) is 23.2 Å². The van der Waals surface area contributed by atoms with Crippen LogP contribution in [-0.2, 0) is 21.4 Å². The van der Waals surface area contributed by atoms with Crippen molar-refractivity contribution in [3.05, 3.63) is 71.2 Å². The van der Waals surface area contributed by atoms with Crippen LogP contribution in [0.2, 0.25) is 5.02 Å². The molecule has 1 heterocycles. The number of carbonyl (C=O) groups excluding carboxylic acids is 1. The predicted octanol–water partition coefficient (Wildman–Crippen LogP) is 3.65. The van der Waals surface area contributed by atoms with Gasteiger partial charge in [0.1, 0.15) is 0 Å². The molecular weight excluding hydrogens is 404 g/mol. The number of hydrogen-bond acceptors (Lipinski definition) is 6. The molecule has 0 radical (unpaired) electrons. The highest BCUT2D eigenvalue weighted by atomic mass is 35.5. The topological polar surface area (TPSA) is 98.5 Å². The highest BCUT2D eigenvalue weighted by molar-refractivity contribution is 7.89. The number of carbonyl (C=O) groups is 1. The Morgan fingerprint density at radius 3 is 2.46 bits per heavy atom. The zero-order valence-corrected chi connectivity index (χ0v) is 16.5. The van der Waals surface area contributed by atoms with Crippen molar-refractivity contribution in [3.63, 3.8) is 0 Å². The van der Waals surface area contributed by atoms with Gasteiger partial charge in [-0.15, -0.1) is 0 Å². The molecule has 3 rings (SSSR count). The number of hydrogen-bond donors (Lipinski definition) is 1. The zero-order chi connectivity index (χ0) is 20.1. The van der Waals surface area contributed by atoms with Crippen LogP contribution in [0.3, 0.4) is 0 Å². The maximum atomic E-state index is 12.1. The second-order valence-corrected chi connectivity index (χ2v) is 7.93. The summed E-state index contributed by atoms with van der Waals surface area (Å²) in [5.74, 6) is 0.156. The van der Waals surface area contributed by atoms with Gasteiger partial charge in [0.2, 0.25) is 15.9 Å². The molecule has 0 unspecified atom stereocenters. The molecule has 0 saturated carbocycles. The van der Waals surface area contributed by atoms with Crippen LogP contribution in [-0.4, -0.2) is 25.9 Å². The summed E-state index contributed by atoms with van der Waals surface area (Å²) in [4.78, 5) is 16.3. The molecule has 0 saturated heterocycles. The molecule has 0 spiro atoms. The molecule has 3 aromatic rings. The summed E-state index contributed by atoms with van der Waals surface area (Å²) in [6, 6.07) is 12.5. The Bertz CT molecular complexity index is 1060. The smallest absolute Gasteiger partial charge is 0.338 e. The quantitative estimate of drug-likeness (QED) is 0.586. The highest BCUT2D eigenvalue weighted by Crippen LogP contribution is 2.22. The Kier molecular flexibility index (Phi) is 6.13. The van der Waals surface area contributed by atoms with Crippen molar-refractivity contribution in [2.45, 2.75) is 18.4 Å². The molecule has 28 heavy (non-hydrogen) atoms. The van der Waals surface area contributed by atoms with Crippen molar-refractivity contribution in [1.82, 2.24) is 9.71 Å². The van der Waals surface area contributed by atoms with E-state index in [9.17, 15) is 13.2 Å². The van der Waals surface area contributed by atoms with Crippen LogP contribution in [0.5, 0.6) is 0 Å². The van der Waals surface area contributed by atoms with Crippen molar-refractivity contribution in [1.29, 1.82) is 0 Å². The molecule has 0 aliphatic carbocycles. The number of nitrogens with one attached hydrogen (secondary N) is 1. The summed E-state index contributed by atoms with van der Waals surface area (Å²) in [5.41, 5.74) is 1.02. The summed E-state index contributed by atoms with van der Waals surface area (Å²) in [5, 5.41) is 0.613. The minimum absolute atomic E-state index is 0.0752. The Morgan fingerprint density at radius 2 is 1.82 bits per heavy atom. The molecule has 1 aromatic heterocycles. The summed E-state index contributed by atoms with van der Waals surface area (Å²) < 4.78 is 36.9. The molecule has 0 atom stereocenters. The lowest BCUT2D eigenvalue weighted by molar-refractivity contribution is 0.0439. The largest absolute Gasteiger partial charge is 0.452 e. The number of nitrogens with zero attached hydrogens (tertiary/aromatic N) is 1. The van der Waals surface area contributed by atoms with Crippen LogP contribution in [0.15, 0.2) is 64.0 Å². The van der Waals surface area contributed by atoms with Gasteiger partial charge in [0.25, 0.3) is 0 Å². The average molecular weight is 421 g/mol. The number of rotatable bonds is 7. The fraction of sp³-hybridized carbons (Fsp3) is 0.158. The van der Waals surface area contributed by atoms with E-state index in [0.29, 0.717) is 10.8 Å². The summed E-state index contributed by atoms with van der Waals surface area (Å²) in [6.45, 7) is 1.81. The van der Waals surface area contributed by atoms with Crippen LogP contribution >= 0.6 is 11.6 Å². The van der Waals surface area contributed by atoms with Gasteiger partial charge in [-0.1, -0.05) is 18.5 Å². The van der Waals surface area contributed by atoms with Crippen molar-refractivity contribution in [3.8, 4) is 11.3 Å².